The van der Waals surface area contributed by atoms with Crippen LogP contribution in [0.4, 0.5) is 4.39 Å². The summed E-state index contributed by atoms with van der Waals surface area (Å²) in [4.78, 5) is 0. The molecule has 1 heterocycles. The monoisotopic (exact) mass is 143 g/mol. The highest BCUT2D eigenvalue weighted by atomic mass is 19.1. The molecule has 0 unspecified atom stereocenters. The third kappa shape index (κ3) is 3.28. The van der Waals surface area contributed by atoms with Crippen LogP contribution in [-0.2, 0) is 0 Å². The van der Waals surface area contributed by atoms with E-state index in [-0.39, 0.29) is 5.83 Å². The van der Waals surface area contributed by atoms with Gasteiger partial charge in [0.1, 0.15) is 5.83 Å². The van der Waals surface area contributed by atoms with Gasteiger partial charge in [-0.1, -0.05) is 13.8 Å². The van der Waals surface area contributed by atoms with Gasteiger partial charge in [0.05, 0.1) is 6.54 Å². The number of hydrogen-bond donors (Lipinski definition) is 1. The SMILES string of the molecule is CC.CC1=CC=C(F)CN1. The first-order chi connectivity index (χ1) is 4.79. The highest BCUT2D eigenvalue weighted by Crippen LogP contribution is 2.02. The Balaban J connectivity index is 0.000000371. The van der Waals surface area contributed by atoms with Crippen LogP contribution in [0.15, 0.2) is 23.7 Å². The fraction of sp³-hybridized carbons (Fsp3) is 0.500. The Labute approximate surface area is 61.6 Å². The molecule has 1 N–H and O–H groups in total. The molecule has 58 valence electrons. The normalized spacial score (nSPS) is 15.6. The molecule has 2 heteroatoms. The summed E-state index contributed by atoms with van der Waals surface area (Å²) < 4.78 is 12.1. The standard InChI is InChI=1S/C6H8FN.C2H6/c1-5-2-3-6(7)4-8-5;1-2/h2-3,8H,4H2,1H3;1-2H3. The zero-order chi connectivity index (χ0) is 7.98. The number of hydrogen-bond acceptors (Lipinski definition) is 1. The number of halogens is 1. The van der Waals surface area contributed by atoms with Crippen LogP contribution in [0.2, 0.25) is 0 Å². The second kappa shape index (κ2) is 5.03. The van der Waals surface area contributed by atoms with Crippen LogP contribution in [-0.4, -0.2) is 6.54 Å². The summed E-state index contributed by atoms with van der Waals surface area (Å²) in [5.74, 6) is -0.101. The molecule has 1 aliphatic rings. The van der Waals surface area contributed by atoms with E-state index in [1.165, 1.54) is 6.08 Å². The molecule has 0 aliphatic carbocycles. The van der Waals surface area contributed by atoms with Crippen LogP contribution in [0.25, 0.3) is 0 Å². The Morgan fingerprint density at radius 2 is 2.00 bits per heavy atom. The van der Waals surface area contributed by atoms with E-state index in [0.717, 1.165) is 5.70 Å². The van der Waals surface area contributed by atoms with Gasteiger partial charge in [0.15, 0.2) is 0 Å². The summed E-state index contributed by atoms with van der Waals surface area (Å²) in [6.07, 6.45) is 3.20. The van der Waals surface area contributed by atoms with E-state index in [1.54, 1.807) is 6.08 Å². The third-order valence-corrected chi connectivity index (χ3v) is 1.05. The predicted octanol–water partition coefficient (Wildman–Crippen LogP) is 2.37. The van der Waals surface area contributed by atoms with E-state index in [9.17, 15) is 4.39 Å². The van der Waals surface area contributed by atoms with Crippen LogP contribution in [0.5, 0.6) is 0 Å². The number of rotatable bonds is 0. The van der Waals surface area contributed by atoms with Crippen molar-refractivity contribution in [3.8, 4) is 0 Å². The molecule has 10 heavy (non-hydrogen) atoms. The molecule has 0 radical (unpaired) electrons. The lowest BCUT2D eigenvalue weighted by molar-refractivity contribution is 0.586. The van der Waals surface area contributed by atoms with Gasteiger partial charge in [-0.3, -0.25) is 0 Å². The Bertz CT molecular complexity index is 129. The molecule has 0 saturated heterocycles. The lowest BCUT2D eigenvalue weighted by Gasteiger charge is -2.07. The maximum Gasteiger partial charge on any atom is 0.119 e. The second-order valence-corrected chi connectivity index (χ2v) is 1.82. The highest BCUT2D eigenvalue weighted by Gasteiger charge is 1.97. The topological polar surface area (TPSA) is 12.0 Å². The van der Waals surface area contributed by atoms with Crippen LogP contribution >= 0.6 is 0 Å². The molecule has 0 fully saturated rings. The first kappa shape index (κ1) is 9.21. The zero-order valence-electron chi connectivity index (χ0n) is 6.74. The van der Waals surface area contributed by atoms with E-state index in [0.29, 0.717) is 6.54 Å². The van der Waals surface area contributed by atoms with Crippen molar-refractivity contribution in [1.29, 1.82) is 0 Å². The minimum atomic E-state index is -0.101. The first-order valence-corrected chi connectivity index (χ1v) is 3.56. The molecule has 0 saturated carbocycles. The fourth-order valence-corrected chi connectivity index (χ4v) is 0.557. The molecule has 0 spiro atoms. The van der Waals surface area contributed by atoms with Gasteiger partial charge in [-0.25, -0.2) is 4.39 Å². The molecule has 0 atom stereocenters. The zero-order valence-corrected chi connectivity index (χ0v) is 6.74. The van der Waals surface area contributed by atoms with E-state index < -0.39 is 0 Å². The van der Waals surface area contributed by atoms with Gasteiger partial charge in [-0.15, -0.1) is 0 Å². The fourth-order valence-electron chi connectivity index (χ4n) is 0.557. The second-order valence-electron chi connectivity index (χ2n) is 1.82. The molecule has 1 aliphatic heterocycles. The Morgan fingerprint density at radius 1 is 1.40 bits per heavy atom. The van der Waals surface area contributed by atoms with E-state index in [1.807, 2.05) is 20.8 Å². The average Bonchev–Trinajstić information content (AvgIpc) is 2.00. The van der Waals surface area contributed by atoms with Gasteiger partial charge in [-0.2, -0.15) is 0 Å². The molecular weight excluding hydrogens is 129 g/mol. The number of dihydropyridines is 1. The van der Waals surface area contributed by atoms with Crippen LogP contribution in [0.1, 0.15) is 20.8 Å². The van der Waals surface area contributed by atoms with Gasteiger partial charge in [-0.05, 0) is 19.1 Å². The maximum absolute atomic E-state index is 12.1. The quantitative estimate of drug-likeness (QED) is 0.549. The van der Waals surface area contributed by atoms with Crippen LogP contribution in [0, 0.1) is 0 Å². The lowest BCUT2D eigenvalue weighted by atomic mass is 10.3. The van der Waals surface area contributed by atoms with Crippen molar-refractivity contribution in [2.75, 3.05) is 6.54 Å². The summed E-state index contributed by atoms with van der Waals surface area (Å²) in [6, 6.07) is 0. The average molecular weight is 143 g/mol. The van der Waals surface area contributed by atoms with Gasteiger partial charge in [0.25, 0.3) is 0 Å². The van der Waals surface area contributed by atoms with Crippen molar-refractivity contribution in [3.05, 3.63) is 23.7 Å². The predicted molar refractivity (Wildman–Crippen MR) is 42.3 cm³/mol. The van der Waals surface area contributed by atoms with E-state index in [2.05, 4.69) is 5.32 Å². The van der Waals surface area contributed by atoms with Gasteiger partial charge < -0.3 is 5.32 Å². The lowest BCUT2D eigenvalue weighted by Crippen LogP contribution is -2.15. The van der Waals surface area contributed by atoms with Crippen LogP contribution < -0.4 is 5.32 Å². The summed E-state index contributed by atoms with van der Waals surface area (Å²) in [6.45, 7) is 6.26. The van der Waals surface area contributed by atoms with Crippen LogP contribution in [0.3, 0.4) is 0 Å². The number of allylic oxidation sites excluding steroid dienone is 3. The minimum Gasteiger partial charge on any atom is -0.382 e. The Kier molecular flexibility index (Phi) is 4.63. The largest absolute Gasteiger partial charge is 0.382 e. The molecule has 0 aromatic heterocycles. The number of nitrogens with one attached hydrogen (secondary N) is 1. The molecule has 0 aromatic rings. The molecule has 0 aromatic carbocycles. The van der Waals surface area contributed by atoms with Gasteiger partial charge in [0.2, 0.25) is 0 Å². The van der Waals surface area contributed by atoms with E-state index in [4.69, 9.17) is 0 Å². The van der Waals surface area contributed by atoms with Crippen molar-refractivity contribution in [2.24, 2.45) is 0 Å². The summed E-state index contributed by atoms with van der Waals surface area (Å²) in [5.41, 5.74) is 1.02. The molecular formula is C8H14FN. The summed E-state index contributed by atoms with van der Waals surface area (Å²) >= 11 is 0. The molecule has 0 bridgehead atoms. The van der Waals surface area contributed by atoms with Crippen molar-refractivity contribution in [3.63, 3.8) is 0 Å². The Morgan fingerprint density at radius 3 is 2.30 bits per heavy atom. The third-order valence-electron chi connectivity index (χ3n) is 1.05. The van der Waals surface area contributed by atoms with Gasteiger partial charge in [0, 0.05) is 5.70 Å². The Hall–Kier alpha value is -0.790. The molecule has 1 nitrogen and oxygen atoms in total. The van der Waals surface area contributed by atoms with Gasteiger partial charge >= 0.3 is 0 Å². The smallest absolute Gasteiger partial charge is 0.119 e. The van der Waals surface area contributed by atoms with Crippen molar-refractivity contribution in [2.45, 2.75) is 20.8 Å². The molecule has 1 rings (SSSR count). The summed E-state index contributed by atoms with van der Waals surface area (Å²) in [7, 11) is 0. The summed E-state index contributed by atoms with van der Waals surface area (Å²) in [5, 5.41) is 2.85. The van der Waals surface area contributed by atoms with Crippen molar-refractivity contribution in [1.82, 2.24) is 5.32 Å². The molecule has 0 amide bonds. The highest BCUT2D eigenvalue weighted by molar-refractivity contribution is 5.18. The van der Waals surface area contributed by atoms with Crippen molar-refractivity contribution >= 4 is 0 Å². The van der Waals surface area contributed by atoms with E-state index >= 15 is 0 Å². The van der Waals surface area contributed by atoms with Crippen molar-refractivity contribution < 1.29 is 4.39 Å². The maximum atomic E-state index is 12.1. The minimum absolute atomic E-state index is 0.101. The first-order valence-electron chi connectivity index (χ1n) is 3.56.